The number of nitrogens with one attached hydrogen (secondary N) is 1. The lowest BCUT2D eigenvalue weighted by Gasteiger charge is -2.17. The van der Waals surface area contributed by atoms with E-state index in [-0.39, 0.29) is 10.5 Å². The Morgan fingerprint density at radius 2 is 1.60 bits per heavy atom. The van der Waals surface area contributed by atoms with E-state index >= 15 is 0 Å². The zero-order chi connectivity index (χ0) is 15.5. The number of carbonyl (C=O) groups is 2. The molecule has 0 aliphatic heterocycles. The average Bonchev–Trinajstić information content (AvgIpc) is 2.35. The van der Waals surface area contributed by atoms with Gasteiger partial charge >= 0.3 is 11.9 Å². The molecule has 1 unspecified atom stereocenters. The van der Waals surface area contributed by atoms with Gasteiger partial charge in [0.2, 0.25) is 10.0 Å². The molecule has 0 fully saturated rings. The maximum absolute atomic E-state index is 12.0. The van der Waals surface area contributed by atoms with Crippen LogP contribution in [0.1, 0.15) is 24.2 Å². The summed E-state index contributed by atoms with van der Waals surface area (Å²) < 4.78 is 26.1. The van der Waals surface area contributed by atoms with Crippen LogP contribution in [0.4, 0.5) is 0 Å². The van der Waals surface area contributed by atoms with Crippen molar-refractivity contribution in [2.24, 2.45) is 5.92 Å². The minimum Gasteiger partial charge on any atom is -0.480 e. The number of carboxylic acids is 2. The molecule has 0 radical (unpaired) electrons. The van der Waals surface area contributed by atoms with Crippen molar-refractivity contribution in [3.8, 4) is 0 Å². The summed E-state index contributed by atoms with van der Waals surface area (Å²) in [5.74, 6) is -2.88. The molecule has 0 aliphatic rings. The Labute approximate surface area is 116 Å². The molecule has 3 N–H and O–H groups in total. The fraction of sp³-hybridized carbons (Fsp3) is 0.333. The van der Waals surface area contributed by atoms with Gasteiger partial charge in [0.15, 0.2) is 0 Å². The highest BCUT2D eigenvalue weighted by Gasteiger charge is 2.27. The van der Waals surface area contributed by atoms with Crippen LogP contribution in [0.3, 0.4) is 0 Å². The Balaban J connectivity index is 3.04. The van der Waals surface area contributed by atoms with E-state index in [4.69, 9.17) is 10.2 Å². The van der Waals surface area contributed by atoms with Crippen molar-refractivity contribution >= 4 is 22.0 Å². The maximum Gasteiger partial charge on any atom is 0.335 e. The lowest BCUT2D eigenvalue weighted by Crippen LogP contribution is -2.44. The molecule has 1 aromatic carbocycles. The average molecular weight is 301 g/mol. The second kappa shape index (κ2) is 6.02. The van der Waals surface area contributed by atoms with E-state index in [9.17, 15) is 18.0 Å². The molecule has 0 heterocycles. The van der Waals surface area contributed by atoms with E-state index < -0.39 is 33.9 Å². The first-order valence-corrected chi connectivity index (χ1v) is 7.22. The highest BCUT2D eigenvalue weighted by molar-refractivity contribution is 7.89. The van der Waals surface area contributed by atoms with E-state index in [1.165, 1.54) is 0 Å². The Morgan fingerprint density at radius 1 is 1.10 bits per heavy atom. The zero-order valence-electron chi connectivity index (χ0n) is 10.9. The summed E-state index contributed by atoms with van der Waals surface area (Å²) in [4.78, 5) is 21.5. The Bertz CT molecular complexity index is 605. The van der Waals surface area contributed by atoms with Crippen LogP contribution in [0.25, 0.3) is 0 Å². The Hall–Kier alpha value is -1.93. The van der Waals surface area contributed by atoms with Crippen LogP contribution in [0.15, 0.2) is 29.2 Å². The number of aromatic carboxylic acids is 1. The van der Waals surface area contributed by atoms with Crippen LogP contribution in [-0.2, 0) is 14.8 Å². The molecule has 0 spiro atoms. The standard InChI is InChI=1S/C12H15NO6S/c1-7(2)10(12(16)17)13-20(18,19)9-5-3-8(4-6-9)11(14)15/h3-7,10,13H,1-2H3,(H,14,15)(H,16,17). The normalized spacial score (nSPS) is 13.2. The van der Waals surface area contributed by atoms with Gasteiger partial charge in [-0.05, 0) is 30.2 Å². The van der Waals surface area contributed by atoms with Crippen LogP contribution in [0.5, 0.6) is 0 Å². The molecule has 0 bridgehead atoms. The molecule has 0 aromatic heterocycles. The van der Waals surface area contributed by atoms with Gasteiger partial charge in [0.1, 0.15) is 6.04 Å². The van der Waals surface area contributed by atoms with Crippen molar-refractivity contribution in [1.29, 1.82) is 0 Å². The van der Waals surface area contributed by atoms with Crippen LogP contribution in [0, 0.1) is 5.92 Å². The number of carboxylic acid groups (broad SMARTS) is 2. The van der Waals surface area contributed by atoms with Crippen molar-refractivity contribution in [3.05, 3.63) is 29.8 Å². The summed E-state index contributed by atoms with van der Waals surface area (Å²) in [7, 11) is -4.02. The minimum atomic E-state index is -4.02. The molecule has 1 rings (SSSR count). The highest BCUT2D eigenvalue weighted by atomic mass is 32.2. The van der Waals surface area contributed by atoms with Gasteiger partial charge in [0.05, 0.1) is 10.5 Å². The summed E-state index contributed by atoms with van der Waals surface area (Å²) in [5, 5.41) is 17.7. The molecule has 0 saturated heterocycles. The molecular formula is C12H15NO6S. The van der Waals surface area contributed by atoms with E-state index in [1.807, 2.05) is 0 Å². The first-order chi connectivity index (χ1) is 9.15. The maximum atomic E-state index is 12.0. The smallest absolute Gasteiger partial charge is 0.335 e. The summed E-state index contributed by atoms with van der Waals surface area (Å²) in [6.45, 7) is 3.16. The van der Waals surface area contributed by atoms with Gasteiger partial charge in [0, 0.05) is 0 Å². The molecule has 0 amide bonds. The monoisotopic (exact) mass is 301 g/mol. The lowest BCUT2D eigenvalue weighted by atomic mass is 10.1. The number of aliphatic carboxylic acids is 1. The predicted molar refractivity (Wildman–Crippen MR) is 70.0 cm³/mol. The van der Waals surface area contributed by atoms with Crippen molar-refractivity contribution in [1.82, 2.24) is 4.72 Å². The SMILES string of the molecule is CC(C)C(NS(=O)(=O)c1ccc(C(=O)O)cc1)C(=O)O. The first-order valence-electron chi connectivity index (χ1n) is 5.73. The molecule has 8 heteroatoms. The van der Waals surface area contributed by atoms with Gasteiger partial charge in [-0.25, -0.2) is 13.2 Å². The van der Waals surface area contributed by atoms with Crippen LogP contribution < -0.4 is 4.72 Å². The third kappa shape index (κ3) is 3.78. The van der Waals surface area contributed by atoms with Gasteiger partial charge in [0.25, 0.3) is 0 Å². The summed E-state index contributed by atoms with van der Waals surface area (Å²) >= 11 is 0. The van der Waals surface area contributed by atoms with E-state index in [0.29, 0.717) is 0 Å². The van der Waals surface area contributed by atoms with Crippen molar-refractivity contribution in [2.45, 2.75) is 24.8 Å². The van der Waals surface area contributed by atoms with E-state index in [1.54, 1.807) is 13.8 Å². The van der Waals surface area contributed by atoms with Crippen LogP contribution in [-0.4, -0.2) is 36.6 Å². The fourth-order valence-electron chi connectivity index (χ4n) is 1.48. The topological polar surface area (TPSA) is 121 Å². The number of hydrogen-bond acceptors (Lipinski definition) is 4. The number of rotatable bonds is 6. The summed E-state index contributed by atoms with van der Waals surface area (Å²) in [5.41, 5.74) is -0.0532. The van der Waals surface area contributed by atoms with Crippen molar-refractivity contribution in [3.63, 3.8) is 0 Å². The van der Waals surface area contributed by atoms with Gasteiger partial charge in [-0.1, -0.05) is 13.8 Å². The van der Waals surface area contributed by atoms with Gasteiger partial charge in [-0.3, -0.25) is 4.79 Å². The molecule has 1 atom stereocenters. The predicted octanol–water partition coefficient (Wildman–Crippen LogP) is 0.772. The van der Waals surface area contributed by atoms with Gasteiger partial charge in [-0.15, -0.1) is 0 Å². The number of benzene rings is 1. The number of hydrogen-bond donors (Lipinski definition) is 3. The largest absolute Gasteiger partial charge is 0.480 e. The molecule has 20 heavy (non-hydrogen) atoms. The van der Waals surface area contributed by atoms with Gasteiger partial charge in [-0.2, -0.15) is 4.72 Å². The molecule has 0 aliphatic carbocycles. The summed E-state index contributed by atoms with van der Waals surface area (Å²) in [6.07, 6.45) is 0. The second-order valence-corrected chi connectivity index (χ2v) is 6.22. The zero-order valence-corrected chi connectivity index (χ0v) is 11.7. The van der Waals surface area contributed by atoms with Crippen molar-refractivity contribution in [2.75, 3.05) is 0 Å². The Morgan fingerprint density at radius 3 is 1.95 bits per heavy atom. The van der Waals surface area contributed by atoms with E-state index in [2.05, 4.69) is 4.72 Å². The van der Waals surface area contributed by atoms with E-state index in [0.717, 1.165) is 24.3 Å². The third-order valence-electron chi connectivity index (χ3n) is 2.63. The molecule has 7 nitrogen and oxygen atoms in total. The minimum absolute atomic E-state index is 0.0532. The van der Waals surface area contributed by atoms with Gasteiger partial charge < -0.3 is 10.2 Å². The molecule has 0 saturated carbocycles. The second-order valence-electron chi connectivity index (χ2n) is 4.51. The van der Waals surface area contributed by atoms with Crippen molar-refractivity contribution < 1.29 is 28.2 Å². The number of sulfonamides is 1. The van der Waals surface area contributed by atoms with Crippen LogP contribution in [0.2, 0.25) is 0 Å². The fourth-order valence-corrected chi connectivity index (χ4v) is 2.82. The quantitative estimate of drug-likeness (QED) is 0.713. The Kier molecular flexibility index (Phi) is 4.85. The summed E-state index contributed by atoms with van der Waals surface area (Å²) in [6, 6.07) is 3.26. The lowest BCUT2D eigenvalue weighted by molar-refractivity contribution is -0.140. The molecule has 110 valence electrons. The molecule has 1 aromatic rings. The molecular weight excluding hydrogens is 286 g/mol. The highest BCUT2D eigenvalue weighted by Crippen LogP contribution is 2.13. The third-order valence-corrected chi connectivity index (χ3v) is 4.08. The van der Waals surface area contributed by atoms with Crippen LogP contribution >= 0.6 is 0 Å². The first kappa shape index (κ1) is 16.1.